The lowest BCUT2D eigenvalue weighted by atomic mass is 9.94. The van der Waals surface area contributed by atoms with Crippen LogP contribution < -0.4 is 5.14 Å². The van der Waals surface area contributed by atoms with Gasteiger partial charge in [0.05, 0.1) is 4.90 Å². The predicted molar refractivity (Wildman–Crippen MR) is 102 cm³/mol. The minimum atomic E-state index is -3.68. The van der Waals surface area contributed by atoms with Crippen molar-refractivity contribution in [1.29, 1.82) is 0 Å². The lowest BCUT2D eigenvalue weighted by Gasteiger charge is -2.11. The summed E-state index contributed by atoms with van der Waals surface area (Å²) in [6.45, 7) is 2.00. The lowest BCUT2D eigenvalue weighted by molar-refractivity contribution is 0.598. The molecule has 3 nitrogen and oxygen atoms in total. The summed E-state index contributed by atoms with van der Waals surface area (Å²) in [6.07, 6.45) is 6.94. The van der Waals surface area contributed by atoms with Gasteiger partial charge in [0.25, 0.3) is 0 Å². The first-order valence-electron chi connectivity index (χ1n) is 8.13. The summed E-state index contributed by atoms with van der Waals surface area (Å²) in [6, 6.07) is 12.8. The van der Waals surface area contributed by atoms with E-state index < -0.39 is 10.0 Å². The molecule has 0 atom stereocenters. The van der Waals surface area contributed by atoms with Gasteiger partial charge in [0.15, 0.2) is 0 Å². The number of aryl methyl sites for hydroxylation is 1. The summed E-state index contributed by atoms with van der Waals surface area (Å²) in [7, 11) is -3.68. The molecule has 2 aliphatic carbocycles. The highest BCUT2D eigenvalue weighted by Crippen LogP contribution is 2.57. The molecule has 1 spiro atoms. The standard InChI is InChI=1S/C20H18ClNO2S/c1-13-10-15(4-7-19(13)21)18-12-20(8-9-20)11-17(18)14-2-5-16(6-3-14)25(22,23)24/h2-7,10-12H,8-9H2,1H3,(H2,22,23,24). The van der Waals surface area contributed by atoms with Crippen molar-refractivity contribution in [2.24, 2.45) is 10.6 Å². The first-order valence-corrected chi connectivity index (χ1v) is 10.1. The maximum absolute atomic E-state index is 11.5. The molecule has 0 radical (unpaired) electrons. The van der Waals surface area contributed by atoms with Gasteiger partial charge in [-0.05, 0) is 71.9 Å². The van der Waals surface area contributed by atoms with Crippen LogP contribution in [-0.4, -0.2) is 8.42 Å². The number of sulfonamides is 1. The van der Waals surface area contributed by atoms with E-state index in [0.717, 1.165) is 40.1 Å². The molecule has 0 bridgehead atoms. The van der Waals surface area contributed by atoms with Crippen molar-refractivity contribution in [3.63, 3.8) is 0 Å². The van der Waals surface area contributed by atoms with Crippen LogP contribution in [0, 0.1) is 12.3 Å². The Labute approximate surface area is 152 Å². The number of allylic oxidation sites excluding steroid dienone is 4. The van der Waals surface area contributed by atoms with Gasteiger partial charge < -0.3 is 0 Å². The van der Waals surface area contributed by atoms with Crippen molar-refractivity contribution >= 4 is 32.8 Å². The van der Waals surface area contributed by atoms with Crippen molar-refractivity contribution in [1.82, 2.24) is 0 Å². The molecular weight excluding hydrogens is 354 g/mol. The molecule has 0 heterocycles. The van der Waals surface area contributed by atoms with Crippen LogP contribution in [-0.2, 0) is 10.0 Å². The Morgan fingerprint density at radius 1 is 0.960 bits per heavy atom. The maximum Gasteiger partial charge on any atom is 0.238 e. The van der Waals surface area contributed by atoms with E-state index >= 15 is 0 Å². The van der Waals surface area contributed by atoms with Gasteiger partial charge in [0, 0.05) is 10.4 Å². The summed E-state index contributed by atoms with van der Waals surface area (Å²) in [4.78, 5) is 0.129. The van der Waals surface area contributed by atoms with E-state index in [1.54, 1.807) is 12.1 Å². The van der Waals surface area contributed by atoms with Crippen LogP contribution in [0.1, 0.15) is 29.5 Å². The molecule has 0 aromatic heterocycles. The molecule has 0 amide bonds. The first kappa shape index (κ1) is 16.6. The van der Waals surface area contributed by atoms with Crippen LogP contribution in [0.5, 0.6) is 0 Å². The van der Waals surface area contributed by atoms with Crippen LogP contribution in [0.15, 0.2) is 59.5 Å². The molecule has 4 rings (SSSR count). The topological polar surface area (TPSA) is 60.2 Å². The molecular formula is C20H18ClNO2S. The van der Waals surface area contributed by atoms with Crippen molar-refractivity contribution in [2.45, 2.75) is 24.7 Å². The highest BCUT2D eigenvalue weighted by molar-refractivity contribution is 7.89. The number of hydrogen-bond acceptors (Lipinski definition) is 2. The van der Waals surface area contributed by atoms with Crippen LogP contribution >= 0.6 is 11.6 Å². The van der Waals surface area contributed by atoms with Gasteiger partial charge in [-0.25, -0.2) is 13.6 Å². The molecule has 1 fully saturated rings. The van der Waals surface area contributed by atoms with E-state index in [-0.39, 0.29) is 10.3 Å². The minimum absolute atomic E-state index is 0.129. The molecule has 128 valence electrons. The number of nitrogens with two attached hydrogens (primary N) is 1. The second-order valence-corrected chi connectivity index (χ2v) is 8.85. The lowest BCUT2D eigenvalue weighted by Crippen LogP contribution is -2.11. The number of hydrogen-bond donors (Lipinski definition) is 1. The minimum Gasteiger partial charge on any atom is -0.225 e. The summed E-state index contributed by atoms with van der Waals surface area (Å²) >= 11 is 6.17. The quantitative estimate of drug-likeness (QED) is 0.859. The Hall–Kier alpha value is -1.88. The second kappa shape index (κ2) is 5.56. The smallest absolute Gasteiger partial charge is 0.225 e. The normalized spacial score (nSPS) is 18.2. The monoisotopic (exact) mass is 371 g/mol. The third-order valence-electron chi connectivity index (χ3n) is 4.94. The molecule has 0 saturated heterocycles. The van der Waals surface area contributed by atoms with E-state index in [2.05, 4.69) is 18.2 Å². The van der Waals surface area contributed by atoms with Gasteiger partial charge >= 0.3 is 0 Å². The zero-order valence-electron chi connectivity index (χ0n) is 13.8. The molecule has 1 saturated carbocycles. The van der Waals surface area contributed by atoms with E-state index in [4.69, 9.17) is 16.7 Å². The Balaban J connectivity index is 1.78. The number of benzene rings is 2. The Morgan fingerprint density at radius 3 is 2.04 bits per heavy atom. The number of halogens is 1. The van der Waals surface area contributed by atoms with Crippen molar-refractivity contribution in [2.75, 3.05) is 0 Å². The molecule has 0 unspecified atom stereocenters. The second-order valence-electron chi connectivity index (χ2n) is 6.88. The fourth-order valence-electron chi connectivity index (χ4n) is 3.32. The molecule has 2 N–H and O–H groups in total. The third kappa shape index (κ3) is 3.06. The van der Waals surface area contributed by atoms with E-state index in [0.29, 0.717) is 0 Å². The van der Waals surface area contributed by atoms with Crippen LogP contribution in [0.2, 0.25) is 5.02 Å². The zero-order chi connectivity index (χ0) is 17.8. The average Bonchev–Trinajstić information content (AvgIpc) is 3.20. The van der Waals surface area contributed by atoms with Gasteiger partial charge in [-0.3, -0.25) is 0 Å². The van der Waals surface area contributed by atoms with E-state index in [1.807, 2.05) is 31.2 Å². The summed E-state index contributed by atoms with van der Waals surface area (Å²) < 4.78 is 22.9. The van der Waals surface area contributed by atoms with Gasteiger partial charge in [-0.1, -0.05) is 42.0 Å². The SMILES string of the molecule is Cc1cc(C2=CC3(C=C2c2ccc(S(N)(=O)=O)cc2)CC3)ccc1Cl. The number of primary sulfonamides is 1. The summed E-state index contributed by atoms with van der Waals surface area (Å²) in [5, 5.41) is 5.95. The highest BCUT2D eigenvalue weighted by Gasteiger charge is 2.43. The third-order valence-corrected chi connectivity index (χ3v) is 6.30. The van der Waals surface area contributed by atoms with Crippen molar-refractivity contribution in [3.8, 4) is 0 Å². The van der Waals surface area contributed by atoms with Crippen LogP contribution in [0.25, 0.3) is 11.1 Å². The average molecular weight is 372 g/mol. The fraction of sp³-hybridized carbons (Fsp3) is 0.200. The van der Waals surface area contributed by atoms with Gasteiger partial charge in [-0.15, -0.1) is 0 Å². The molecule has 25 heavy (non-hydrogen) atoms. The van der Waals surface area contributed by atoms with E-state index in [9.17, 15) is 8.42 Å². The Bertz CT molecular complexity index is 1030. The Morgan fingerprint density at radius 2 is 1.52 bits per heavy atom. The predicted octanol–water partition coefficient (Wildman–Crippen LogP) is 4.56. The van der Waals surface area contributed by atoms with Crippen LogP contribution in [0.3, 0.4) is 0 Å². The molecule has 5 heteroatoms. The summed E-state index contributed by atoms with van der Waals surface area (Å²) in [5.41, 5.74) is 5.65. The molecule has 2 aliphatic rings. The van der Waals surface area contributed by atoms with Gasteiger partial charge in [-0.2, -0.15) is 0 Å². The van der Waals surface area contributed by atoms with Gasteiger partial charge in [0.2, 0.25) is 10.0 Å². The number of rotatable bonds is 3. The first-order chi connectivity index (χ1) is 11.8. The largest absolute Gasteiger partial charge is 0.238 e. The van der Waals surface area contributed by atoms with E-state index in [1.165, 1.54) is 5.57 Å². The van der Waals surface area contributed by atoms with Crippen molar-refractivity contribution in [3.05, 3.63) is 76.3 Å². The van der Waals surface area contributed by atoms with Crippen LogP contribution in [0.4, 0.5) is 0 Å². The zero-order valence-corrected chi connectivity index (χ0v) is 15.4. The fourth-order valence-corrected chi connectivity index (χ4v) is 3.95. The Kier molecular flexibility index (Phi) is 3.69. The summed E-state index contributed by atoms with van der Waals surface area (Å²) in [5.74, 6) is 0. The molecule has 0 aliphatic heterocycles. The van der Waals surface area contributed by atoms with Crippen molar-refractivity contribution < 1.29 is 8.42 Å². The molecule has 2 aromatic carbocycles. The highest BCUT2D eigenvalue weighted by atomic mass is 35.5. The maximum atomic E-state index is 11.5. The van der Waals surface area contributed by atoms with Gasteiger partial charge in [0.1, 0.15) is 0 Å². The molecule has 2 aromatic rings.